The molecule has 0 radical (unpaired) electrons. The van der Waals surface area contributed by atoms with Crippen LogP contribution in [-0.2, 0) is 15.1 Å². The Balaban J connectivity index is 2.72. The summed E-state index contributed by atoms with van der Waals surface area (Å²) >= 11 is 0. The summed E-state index contributed by atoms with van der Waals surface area (Å²) in [6, 6.07) is 15.4. The van der Waals surface area contributed by atoms with Crippen LogP contribution < -0.4 is 0 Å². The molecule has 0 unspecified atom stereocenters. The molecule has 0 N–H and O–H groups in total. The molecule has 0 amide bonds. The number of halogens is 3. The number of methoxy groups -OCH3 is 1. The predicted octanol–water partition coefficient (Wildman–Crippen LogP) is 3.71. The number of Topliss-reactive ketones (excluding diaryl/α,β-unsaturated/α-hetero) is 1. The highest BCUT2D eigenvalue weighted by atomic mass is 19.4. The molecule has 0 heterocycles. The zero-order chi connectivity index (χ0) is 15.5. The number of carbonyl (C=O) groups is 1. The molecule has 0 atom stereocenters. The maximum Gasteiger partial charge on any atom is 0.453 e. The molecule has 0 aliphatic carbocycles. The van der Waals surface area contributed by atoms with Crippen molar-refractivity contribution in [3.8, 4) is 0 Å². The van der Waals surface area contributed by atoms with Crippen LogP contribution in [-0.4, -0.2) is 19.1 Å². The fourth-order valence-corrected chi connectivity index (χ4v) is 2.30. The molecule has 0 spiro atoms. The fourth-order valence-electron chi connectivity index (χ4n) is 2.30. The number of ketones is 1. The number of benzene rings is 2. The van der Waals surface area contributed by atoms with Crippen LogP contribution in [0, 0.1) is 0 Å². The van der Waals surface area contributed by atoms with E-state index in [4.69, 9.17) is 4.74 Å². The summed E-state index contributed by atoms with van der Waals surface area (Å²) in [5.74, 6) is -1.95. The van der Waals surface area contributed by atoms with Crippen molar-refractivity contribution in [1.82, 2.24) is 0 Å². The van der Waals surface area contributed by atoms with E-state index in [0.29, 0.717) is 0 Å². The largest absolute Gasteiger partial charge is 0.453 e. The monoisotopic (exact) mass is 294 g/mol. The molecule has 5 heteroatoms. The minimum atomic E-state index is -5.01. The predicted molar refractivity (Wildman–Crippen MR) is 71.7 cm³/mol. The highest BCUT2D eigenvalue weighted by molar-refractivity contribution is 5.96. The van der Waals surface area contributed by atoms with E-state index in [1.54, 1.807) is 36.4 Å². The van der Waals surface area contributed by atoms with Crippen molar-refractivity contribution >= 4 is 5.78 Å². The Bertz CT molecular complexity index is 567. The van der Waals surface area contributed by atoms with Gasteiger partial charge in [0.2, 0.25) is 0 Å². The van der Waals surface area contributed by atoms with Crippen molar-refractivity contribution < 1.29 is 22.7 Å². The van der Waals surface area contributed by atoms with Gasteiger partial charge in [-0.15, -0.1) is 0 Å². The topological polar surface area (TPSA) is 26.3 Å². The van der Waals surface area contributed by atoms with Crippen LogP contribution in [0.3, 0.4) is 0 Å². The van der Waals surface area contributed by atoms with Gasteiger partial charge in [-0.2, -0.15) is 13.2 Å². The fraction of sp³-hybridized carbons (Fsp3) is 0.188. The second-order valence-corrected chi connectivity index (χ2v) is 4.44. The van der Waals surface area contributed by atoms with Crippen LogP contribution in [0.4, 0.5) is 13.2 Å². The van der Waals surface area contributed by atoms with Crippen molar-refractivity contribution in [2.45, 2.75) is 11.8 Å². The first-order valence-electron chi connectivity index (χ1n) is 6.20. The zero-order valence-electron chi connectivity index (χ0n) is 11.2. The molecule has 0 aliphatic heterocycles. The highest BCUT2D eigenvalue weighted by Crippen LogP contribution is 2.39. The number of rotatable bonds is 4. The van der Waals surface area contributed by atoms with E-state index in [1.165, 1.54) is 24.3 Å². The Morgan fingerprint density at radius 2 is 1.24 bits per heavy atom. The van der Waals surface area contributed by atoms with E-state index in [2.05, 4.69) is 0 Å². The smallest absolute Gasteiger partial charge is 0.361 e. The Kier molecular flexibility index (Phi) is 4.14. The summed E-state index contributed by atoms with van der Waals surface area (Å²) in [6.45, 7) is 0. The molecule has 0 saturated heterocycles. The van der Waals surface area contributed by atoms with Crippen LogP contribution in [0.25, 0.3) is 0 Å². The summed E-state index contributed by atoms with van der Waals surface area (Å²) in [6.07, 6.45) is -5.01. The molecule has 2 aromatic rings. The summed E-state index contributed by atoms with van der Waals surface area (Å²) in [7, 11) is 1.10. The van der Waals surface area contributed by atoms with Gasteiger partial charge in [0.1, 0.15) is 0 Å². The lowest BCUT2D eigenvalue weighted by molar-refractivity contribution is -0.189. The lowest BCUT2D eigenvalue weighted by Crippen LogP contribution is -2.46. The van der Waals surface area contributed by atoms with Gasteiger partial charge in [0, 0.05) is 7.11 Å². The third-order valence-corrected chi connectivity index (χ3v) is 3.24. The first kappa shape index (κ1) is 15.3. The normalized spacial score (nSPS) is 12.2. The van der Waals surface area contributed by atoms with Crippen molar-refractivity contribution in [3.63, 3.8) is 0 Å². The third kappa shape index (κ3) is 2.69. The maximum atomic E-state index is 13.1. The van der Waals surface area contributed by atoms with Crippen molar-refractivity contribution in [2.24, 2.45) is 0 Å². The number of carbonyl (C=O) groups excluding carboxylic acids is 1. The lowest BCUT2D eigenvalue weighted by Gasteiger charge is -2.32. The van der Waals surface area contributed by atoms with Gasteiger partial charge in [0.25, 0.3) is 5.78 Å². The molecule has 0 saturated carbocycles. The first-order valence-corrected chi connectivity index (χ1v) is 6.20. The summed E-state index contributed by atoms with van der Waals surface area (Å²) < 4.78 is 44.3. The van der Waals surface area contributed by atoms with E-state index in [1.807, 2.05) is 0 Å². The molecule has 0 aromatic heterocycles. The summed E-state index contributed by atoms with van der Waals surface area (Å²) in [4.78, 5) is 12.1. The minimum Gasteiger partial charge on any atom is -0.361 e. The van der Waals surface area contributed by atoms with Gasteiger partial charge < -0.3 is 4.74 Å². The third-order valence-electron chi connectivity index (χ3n) is 3.24. The number of hydrogen-bond donors (Lipinski definition) is 0. The zero-order valence-corrected chi connectivity index (χ0v) is 11.2. The van der Waals surface area contributed by atoms with Gasteiger partial charge in [0.05, 0.1) is 0 Å². The molecule has 21 heavy (non-hydrogen) atoms. The highest BCUT2D eigenvalue weighted by Gasteiger charge is 2.55. The van der Waals surface area contributed by atoms with Gasteiger partial charge in [-0.3, -0.25) is 4.79 Å². The van der Waals surface area contributed by atoms with Gasteiger partial charge in [-0.25, -0.2) is 0 Å². The second kappa shape index (κ2) is 5.69. The van der Waals surface area contributed by atoms with Crippen molar-refractivity contribution in [1.29, 1.82) is 0 Å². The van der Waals surface area contributed by atoms with Gasteiger partial charge in [-0.05, 0) is 11.1 Å². The number of alkyl halides is 3. The minimum absolute atomic E-state index is 0.140. The van der Waals surface area contributed by atoms with Crippen LogP contribution in [0.1, 0.15) is 11.1 Å². The summed E-state index contributed by atoms with van der Waals surface area (Å²) in [5, 5.41) is 0. The Morgan fingerprint density at radius 1 is 0.857 bits per heavy atom. The van der Waals surface area contributed by atoms with Gasteiger partial charge >= 0.3 is 6.18 Å². The molecular formula is C16H13F3O2. The molecule has 0 fully saturated rings. The van der Waals surface area contributed by atoms with E-state index < -0.39 is 17.6 Å². The van der Waals surface area contributed by atoms with Crippen LogP contribution >= 0.6 is 0 Å². The van der Waals surface area contributed by atoms with Crippen LogP contribution in [0.15, 0.2) is 60.7 Å². The van der Waals surface area contributed by atoms with Crippen molar-refractivity contribution in [2.75, 3.05) is 7.11 Å². The molecule has 2 nitrogen and oxygen atoms in total. The maximum absolute atomic E-state index is 13.1. The average molecular weight is 294 g/mol. The van der Waals surface area contributed by atoms with E-state index in [0.717, 1.165) is 7.11 Å². The van der Waals surface area contributed by atoms with Gasteiger partial charge in [-0.1, -0.05) is 60.7 Å². The molecule has 0 bridgehead atoms. The SMILES string of the molecule is COC(C(=O)C(F)(F)F)(c1ccccc1)c1ccccc1. The number of hydrogen-bond acceptors (Lipinski definition) is 2. The molecular weight excluding hydrogens is 281 g/mol. The van der Waals surface area contributed by atoms with Crippen molar-refractivity contribution in [3.05, 3.63) is 71.8 Å². The van der Waals surface area contributed by atoms with Crippen LogP contribution in [0.5, 0.6) is 0 Å². The number of ether oxygens (including phenoxy) is 1. The first-order chi connectivity index (χ1) is 9.93. The average Bonchev–Trinajstić information content (AvgIpc) is 2.50. The lowest BCUT2D eigenvalue weighted by atomic mass is 9.82. The molecule has 0 aliphatic rings. The van der Waals surface area contributed by atoms with Crippen LogP contribution in [0.2, 0.25) is 0 Å². The van der Waals surface area contributed by atoms with E-state index in [-0.39, 0.29) is 11.1 Å². The summed E-state index contributed by atoms with van der Waals surface area (Å²) in [5.41, 5.74) is -1.91. The molecule has 2 rings (SSSR count). The molecule has 2 aromatic carbocycles. The second-order valence-electron chi connectivity index (χ2n) is 4.44. The Hall–Kier alpha value is -2.14. The van der Waals surface area contributed by atoms with Gasteiger partial charge in [0.15, 0.2) is 5.60 Å². The van der Waals surface area contributed by atoms with E-state index in [9.17, 15) is 18.0 Å². The standard InChI is InChI=1S/C16H13F3O2/c1-21-15(14(20)16(17,18)19,12-8-4-2-5-9-12)13-10-6-3-7-11-13/h2-11H,1H3. The Labute approximate surface area is 120 Å². The quantitative estimate of drug-likeness (QED) is 0.859. The Morgan fingerprint density at radius 3 is 1.52 bits per heavy atom. The van der Waals surface area contributed by atoms with E-state index >= 15 is 0 Å². The molecule has 110 valence electrons.